The van der Waals surface area contributed by atoms with Crippen LogP contribution < -0.4 is 5.43 Å². The van der Waals surface area contributed by atoms with Crippen LogP contribution in [0.4, 0.5) is 0 Å². The first-order chi connectivity index (χ1) is 13.6. The Balaban J connectivity index is 1.34. The zero-order valence-electron chi connectivity index (χ0n) is 15.8. The Hall–Kier alpha value is -2.25. The minimum absolute atomic E-state index is 0.0733. The van der Waals surface area contributed by atoms with Crippen molar-refractivity contribution in [2.24, 2.45) is 0 Å². The average molecular weight is 397 g/mol. The van der Waals surface area contributed by atoms with Gasteiger partial charge in [-0.15, -0.1) is 11.3 Å². The Morgan fingerprint density at radius 1 is 1.29 bits per heavy atom. The summed E-state index contributed by atoms with van der Waals surface area (Å²) in [5.41, 5.74) is 4.07. The molecule has 3 fully saturated rings. The van der Waals surface area contributed by atoms with E-state index in [-0.39, 0.29) is 11.8 Å². The van der Waals surface area contributed by atoms with Crippen molar-refractivity contribution in [1.82, 2.24) is 20.3 Å². The molecule has 2 amide bonds. The third-order valence-electron chi connectivity index (χ3n) is 5.94. The molecule has 1 spiro atoms. The van der Waals surface area contributed by atoms with Crippen LogP contribution in [0, 0.1) is 0 Å². The SMILES string of the molecule is O=C1CC2(CCCN(Cc3csc(C4CC4)n3)C2)N(C(=O)c2ccccc2)N1. The van der Waals surface area contributed by atoms with Gasteiger partial charge in [0.1, 0.15) is 0 Å². The summed E-state index contributed by atoms with van der Waals surface area (Å²) in [6.07, 6.45) is 4.71. The summed E-state index contributed by atoms with van der Waals surface area (Å²) in [7, 11) is 0. The molecule has 2 aliphatic heterocycles. The number of amides is 2. The Morgan fingerprint density at radius 2 is 2.11 bits per heavy atom. The Kier molecular flexibility index (Phi) is 4.44. The first-order valence-corrected chi connectivity index (χ1v) is 10.9. The van der Waals surface area contributed by atoms with Crippen LogP contribution in [0.1, 0.15) is 59.1 Å². The second-order valence-electron chi connectivity index (χ2n) is 8.21. The zero-order chi connectivity index (χ0) is 19.1. The molecule has 2 aromatic rings. The molecule has 7 heteroatoms. The zero-order valence-corrected chi connectivity index (χ0v) is 16.6. The van der Waals surface area contributed by atoms with E-state index in [9.17, 15) is 9.59 Å². The van der Waals surface area contributed by atoms with Crippen LogP contribution in [0.5, 0.6) is 0 Å². The molecule has 1 aromatic heterocycles. The molecule has 1 unspecified atom stereocenters. The van der Waals surface area contributed by atoms with E-state index in [4.69, 9.17) is 4.98 Å². The van der Waals surface area contributed by atoms with Gasteiger partial charge in [-0.25, -0.2) is 9.99 Å². The molecule has 2 saturated heterocycles. The lowest BCUT2D eigenvalue weighted by Gasteiger charge is -2.44. The van der Waals surface area contributed by atoms with Gasteiger partial charge in [0.2, 0.25) is 5.91 Å². The van der Waals surface area contributed by atoms with Crippen molar-refractivity contribution in [3.63, 3.8) is 0 Å². The van der Waals surface area contributed by atoms with Crippen LogP contribution >= 0.6 is 11.3 Å². The number of rotatable bonds is 4. The molecule has 28 heavy (non-hydrogen) atoms. The van der Waals surface area contributed by atoms with Gasteiger partial charge in [-0.05, 0) is 44.4 Å². The van der Waals surface area contributed by atoms with Crippen LogP contribution in [0.25, 0.3) is 0 Å². The number of benzene rings is 1. The molecule has 0 radical (unpaired) electrons. The minimum atomic E-state index is -0.475. The van der Waals surface area contributed by atoms with E-state index >= 15 is 0 Å². The van der Waals surface area contributed by atoms with Crippen molar-refractivity contribution < 1.29 is 9.59 Å². The molecule has 3 aliphatic rings. The van der Waals surface area contributed by atoms with E-state index < -0.39 is 5.54 Å². The summed E-state index contributed by atoms with van der Waals surface area (Å²) in [5.74, 6) is 0.482. The Morgan fingerprint density at radius 3 is 2.89 bits per heavy atom. The molecule has 1 aliphatic carbocycles. The maximum Gasteiger partial charge on any atom is 0.272 e. The van der Waals surface area contributed by atoms with E-state index in [0.717, 1.165) is 31.6 Å². The van der Waals surface area contributed by atoms with Gasteiger partial charge in [0.15, 0.2) is 0 Å². The van der Waals surface area contributed by atoms with Crippen LogP contribution in [0.3, 0.4) is 0 Å². The highest BCUT2D eigenvalue weighted by atomic mass is 32.1. The number of aromatic nitrogens is 1. The van der Waals surface area contributed by atoms with Crippen LogP contribution in [-0.2, 0) is 11.3 Å². The summed E-state index contributed by atoms with van der Waals surface area (Å²) in [6, 6.07) is 9.20. The first-order valence-electron chi connectivity index (χ1n) is 9.99. The smallest absolute Gasteiger partial charge is 0.272 e. The summed E-state index contributed by atoms with van der Waals surface area (Å²) in [5, 5.41) is 5.04. The van der Waals surface area contributed by atoms with Gasteiger partial charge in [-0.3, -0.25) is 19.9 Å². The van der Waals surface area contributed by atoms with Gasteiger partial charge < -0.3 is 0 Å². The Labute approximate surface area is 168 Å². The third-order valence-corrected chi connectivity index (χ3v) is 7.00. The number of hydrogen-bond donors (Lipinski definition) is 1. The predicted molar refractivity (Wildman–Crippen MR) is 107 cm³/mol. The molecule has 1 saturated carbocycles. The highest BCUT2D eigenvalue weighted by Crippen LogP contribution is 2.41. The van der Waals surface area contributed by atoms with Crippen molar-refractivity contribution >= 4 is 23.2 Å². The summed E-state index contributed by atoms with van der Waals surface area (Å²) < 4.78 is 0. The third kappa shape index (κ3) is 3.33. The van der Waals surface area contributed by atoms with Crippen molar-refractivity contribution in [3.8, 4) is 0 Å². The average Bonchev–Trinajstić information content (AvgIpc) is 3.38. The fourth-order valence-electron chi connectivity index (χ4n) is 4.45. The second-order valence-corrected chi connectivity index (χ2v) is 9.10. The molecule has 1 aromatic carbocycles. The number of nitrogens with zero attached hydrogens (tertiary/aromatic N) is 3. The van der Waals surface area contributed by atoms with Gasteiger partial charge in [-0.2, -0.15) is 0 Å². The highest BCUT2D eigenvalue weighted by molar-refractivity contribution is 7.09. The fraction of sp³-hybridized carbons (Fsp3) is 0.476. The molecule has 1 N–H and O–H groups in total. The highest BCUT2D eigenvalue weighted by Gasteiger charge is 2.50. The first kappa shape index (κ1) is 17.8. The maximum absolute atomic E-state index is 13.1. The molecule has 146 valence electrons. The number of thiazole rings is 1. The monoisotopic (exact) mass is 396 g/mol. The standard InChI is InChI=1S/C21H24N4O2S/c26-18-11-21(25(23-18)20(27)16-5-2-1-3-6-16)9-4-10-24(14-21)12-17-13-28-19(22-17)15-7-8-15/h1-3,5-6,13,15H,4,7-12,14H2,(H,23,26). The van der Waals surface area contributed by atoms with Crippen molar-refractivity contribution in [2.45, 2.75) is 50.1 Å². The number of hydrazine groups is 1. The number of piperidine rings is 1. The predicted octanol–water partition coefficient (Wildman–Crippen LogP) is 2.93. The molecular formula is C21H24N4O2S. The van der Waals surface area contributed by atoms with E-state index in [1.54, 1.807) is 28.5 Å². The molecule has 0 bridgehead atoms. The lowest BCUT2D eigenvalue weighted by atomic mass is 9.85. The fourth-order valence-corrected chi connectivity index (χ4v) is 5.43. The second kappa shape index (κ2) is 6.97. The van der Waals surface area contributed by atoms with Crippen molar-refractivity contribution in [1.29, 1.82) is 0 Å². The lowest BCUT2D eigenvalue weighted by Crippen LogP contribution is -2.59. The van der Waals surface area contributed by atoms with Gasteiger partial charge in [0.25, 0.3) is 5.91 Å². The summed E-state index contributed by atoms with van der Waals surface area (Å²) in [6.45, 7) is 2.45. The molecule has 6 nitrogen and oxygen atoms in total. The number of hydrogen-bond acceptors (Lipinski definition) is 5. The number of carbonyl (C=O) groups is 2. The Bertz CT molecular complexity index is 895. The van der Waals surface area contributed by atoms with Crippen molar-refractivity contribution in [2.75, 3.05) is 13.1 Å². The van der Waals surface area contributed by atoms with Gasteiger partial charge in [-0.1, -0.05) is 18.2 Å². The van der Waals surface area contributed by atoms with Gasteiger partial charge >= 0.3 is 0 Å². The maximum atomic E-state index is 13.1. The van der Waals surface area contributed by atoms with E-state index in [1.807, 2.05) is 18.2 Å². The van der Waals surface area contributed by atoms with Gasteiger partial charge in [0.05, 0.1) is 22.7 Å². The van der Waals surface area contributed by atoms with Crippen LogP contribution in [0.2, 0.25) is 0 Å². The molecular weight excluding hydrogens is 372 g/mol. The topological polar surface area (TPSA) is 65.5 Å². The van der Waals surface area contributed by atoms with E-state index in [2.05, 4.69) is 15.7 Å². The number of nitrogens with one attached hydrogen (secondary N) is 1. The van der Waals surface area contributed by atoms with E-state index in [0.29, 0.717) is 24.4 Å². The van der Waals surface area contributed by atoms with Crippen molar-refractivity contribution in [3.05, 3.63) is 52.0 Å². The number of carbonyl (C=O) groups excluding carboxylic acids is 2. The molecule has 1 atom stereocenters. The summed E-state index contributed by atoms with van der Waals surface area (Å²) in [4.78, 5) is 32.5. The quantitative estimate of drug-likeness (QED) is 0.863. The minimum Gasteiger partial charge on any atom is -0.295 e. The molecule has 3 heterocycles. The lowest BCUT2D eigenvalue weighted by molar-refractivity contribution is -0.120. The largest absolute Gasteiger partial charge is 0.295 e. The van der Waals surface area contributed by atoms with E-state index in [1.165, 1.54) is 17.8 Å². The normalized spacial score (nSPS) is 25.3. The summed E-state index contributed by atoms with van der Waals surface area (Å²) >= 11 is 1.77. The van der Waals surface area contributed by atoms with Crippen LogP contribution in [0.15, 0.2) is 35.7 Å². The molecule has 5 rings (SSSR count). The van der Waals surface area contributed by atoms with Crippen LogP contribution in [-0.4, -0.2) is 45.3 Å². The van der Waals surface area contributed by atoms with Gasteiger partial charge in [0, 0.05) is 30.0 Å². The number of likely N-dealkylation sites (tertiary alicyclic amines) is 1.